The molecular formula is C34H33F4N5O2. The highest BCUT2D eigenvalue weighted by Crippen LogP contribution is 2.40. The second kappa shape index (κ2) is 12.8. The summed E-state index contributed by atoms with van der Waals surface area (Å²) in [6.07, 6.45) is 3.17. The molecule has 3 heterocycles. The lowest BCUT2D eigenvalue weighted by Crippen LogP contribution is -2.37. The lowest BCUT2D eigenvalue weighted by Gasteiger charge is -2.19. The molecule has 234 valence electrons. The fourth-order valence-electron chi connectivity index (χ4n) is 5.65. The van der Waals surface area contributed by atoms with Gasteiger partial charge in [0, 0.05) is 43.5 Å². The molecule has 2 aromatic carbocycles. The number of hydrogen-bond acceptors (Lipinski definition) is 5. The molecule has 0 atom stereocenters. The van der Waals surface area contributed by atoms with Gasteiger partial charge in [-0.2, -0.15) is 17.6 Å². The minimum atomic E-state index is -4.50. The molecule has 45 heavy (non-hydrogen) atoms. The van der Waals surface area contributed by atoms with Crippen LogP contribution in [0.25, 0.3) is 22.0 Å². The average molecular weight is 620 g/mol. The van der Waals surface area contributed by atoms with Gasteiger partial charge in [-0.3, -0.25) is 9.89 Å². The van der Waals surface area contributed by atoms with E-state index in [2.05, 4.69) is 20.5 Å². The van der Waals surface area contributed by atoms with Crippen molar-refractivity contribution in [1.29, 1.82) is 0 Å². The van der Waals surface area contributed by atoms with Crippen LogP contribution in [0.1, 0.15) is 48.8 Å². The fraction of sp³-hybridized carbons (Fsp3) is 0.324. The molecule has 4 aromatic rings. The van der Waals surface area contributed by atoms with Gasteiger partial charge in [0.15, 0.2) is 0 Å². The smallest absolute Gasteiger partial charge is 0.393 e. The summed E-state index contributed by atoms with van der Waals surface area (Å²) in [5.41, 5.74) is 1.78. The molecule has 1 saturated carbocycles. The van der Waals surface area contributed by atoms with Gasteiger partial charge in [-0.25, -0.2) is 4.98 Å². The molecule has 2 aliphatic rings. The second-order valence-electron chi connectivity index (χ2n) is 11.6. The van der Waals surface area contributed by atoms with Gasteiger partial charge in [-0.15, -0.1) is 5.10 Å². The number of rotatable bonds is 11. The molecule has 2 aromatic heterocycles. The Hall–Kier alpha value is -4.51. The number of allylic oxidation sites excluding steroid dienone is 1. The summed E-state index contributed by atoms with van der Waals surface area (Å²) in [5, 5.41) is 9.80. The van der Waals surface area contributed by atoms with Crippen molar-refractivity contribution < 1.29 is 27.1 Å². The van der Waals surface area contributed by atoms with E-state index in [0.717, 1.165) is 38.8 Å². The van der Waals surface area contributed by atoms with Crippen LogP contribution < -0.4 is 10.1 Å². The zero-order chi connectivity index (χ0) is 31.4. The highest BCUT2D eigenvalue weighted by atomic mass is 19.4. The topological polar surface area (TPSA) is 83.1 Å². The Morgan fingerprint density at radius 2 is 1.78 bits per heavy atom. The Morgan fingerprint density at radius 3 is 2.47 bits per heavy atom. The largest absolute Gasteiger partial charge is 0.476 e. The highest BCUT2D eigenvalue weighted by Gasteiger charge is 2.43. The van der Waals surface area contributed by atoms with Gasteiger partial charge in [0.05, 0.1) is 22.9 Å². The van der Waals surface area contributed by atoms with E-state index in [4.69, 9.17) is 4.74 Å². The molecule has 0 radical (unpaired) electrons. The van der Waals surface area contributed by atoms with Crippen molar-refractivity contribution in [3.05, 3.63) is 102 Å². The summed E-state index contributed by atoms with van der Waals surface area (Å²) in [7, 11) is 0. The molecule has 1 amide bonds. The van der Waals surface area contributed by atoms with Gasteiger partial charge in [-0.05, 0) is 66.2 Å². The van der Waals surface area contributed by atoms with Gasteiger partial charge in [0.1, 0.15) is 6.61 Å². The van der Waals surface area contributed by atoms with Gasteiger partial charge >= 0.3 is 6.18 Å². The van der Waals surface area contributed by atoms with Crippen molar-refractivity contribution in [3.8, 4) is 5.88 Å². The van der Waals surface area contributed by atoms with Crippen LogP contribution in [0, 0.1) is 5.95 Å². The summed E-state index contributed by atoms with van der Waals surface area (Å²) in [5.74, 6) is -0.366. The van der Waals surface area contributed by atoms with E-state index in [-0.39, 0.29) is 28.0 Å². The second-order valence-corrected chi connectivity index (χ2v) is 11.6. The number of H-pyrrole nitrogens is 1. The van der Waals surface area contributed by atoms with Crippen LogP contribution in [-0.2, 0) is 4.79 Å². The molecule has 1 aliphatic heterocycles. The number of benzene rings is 2. The van der Waals surface area contributed by atoms with E-state index in [9.17, 15) is 22.4 Å². The van der Waals surface area contributed by atoms with E-state index in [1.165, 1.54) is 12.3 Å². The van der Waals surface area contributed by atoms with Crippen molar-refractivity contribution in [2.45, 2.75) is 43.8 Å². The maximum Gasteiger partial charge on any atom is 0.393 e. The van der Waals surface area contributed by atoms with Crippen LogP contribution in [0.3, 0.4) is 0 Å². The van der Waals surface area contributed by atoms with E-state index < -0.39 is 18.5 Å². The van der Waals surface area contributed by atoms with Gasteiger partial charge in [-0.1, -0.05) is 42.5 Å². The Bertz CT molecular complexity index is 1700. The number of aromatic amines is 1. The number of alkyl halides is 3. The van der Waals surface area contributed by atoms with Crippen LogP contribution in [0.4, 0.5) is 17.6 Å². The quantitative estimate of drug-likeness (QED) is 0.111. The highest BCUT2D eigenvalue weighted by molar-refractivity contribution is 6.00. The number of likely N-dealkylation sites (tertiary alicyclic amines) is 1. The molecule has 2 fully saturated rings. The van der Waals surface area contributed by atoms with E-state index in [0.29, 0.717) is 41.2 Å². The number of fused-ring (bicyclic) bond motifs is 1. The third-order valence-electron chi connectivity index (χ3n) is 8.25. The third kappa shape index (κ3) is 7.42. The van der Waals surface area contributed by atoms with Crippen molar-refractivity contribution in [2.24, 2.45) is 0 Å². The first-order chi connectivity index (χ1) is 21.7. The van der Waals surface area contributed by atoms with Crippen LogP contribution in [0.15, 0.2) is 79.0 Å². The van der Waals surface area contributed by atoms with E-state index >= 15 is 0 Å². The average Bonchev–Trinajstić information content (AvgIpc) is 3.40. The lowest BCUT2D eigenvalue weighted by atomic mass is 9.88. The van der Waals surface area contributed by atoms with Crippen LogP contribution >= 0.6 is 0 Å². The normalized spacial score (nSPS) is 16.8. The van der Waals surface area contributed by atoms with Crippen molar-refractivity contribution in [1.82, 2.24) is 25.4 Å². The van der Waals surface area contributed by atoms with Gasteiger partial charge in [0.2, 0.25) is 17.7 Å². The minimum Gasteiger partial charge on any atom is -0.476 e. The van der Waals surface area contributed by atoms with Crippen molar-refractivity contribution >= 4 is 28.0 Å². The number of carbonyl (C=O) groups excluding carboxylic acids is 1. The molecule has 2 N–H and O–H groups in total. The van der Waals surface area contributed by atoms with Gasteiger partial charge in [0.25, 0.3) is 0 Å². The SMILES string of the molecule is O=C(/C=C/CNC1(COc2ccc(/C(=C(/CC(F)(F)F)c3ccccc3)c3ccc4[nH]nc(F)c4c3)cn2)CC1)N1CCCC1. The molecule has 1 aliphatic carbocycles. The minimum absolute atomic E-state index is 0.0357. The first-order valence-corrected chi connectivity index (χ1v) is 15.0. The summed E-state index contributed by atoms with van der Waals surface area (Å²) < 4.78 is 62.4. The first-order valence-electron chi connectivity index (χ1n) is 15.0. The Balaban J connectivity index is 1.23. The number of halogens is 4. The van der Waals surface area contributed by atoms with Gasteiger partial charge < -0.3 is 15.0 Å². The Kier molecular flexibility index (Phi) is 8.71. The number of ether oxygens (including phenoxy) is 1. The molecule has 11 heteroatoms. The first kappa shape index (κ1) is 30.5. The maximum atomic E-state index is 14.4. The standard InChI is InChI=1S/C34H33F4N5O2/c35-32-26-19-24(10-12-28(26)41-42-32)31(27(20-34(36,37)38)23-7-2-1-3-8-23)25-11-13-29(39-21-25)45-22-33(14-15-33)40-16-6-9-30(44)43-17-4-5-18-43/h1-3,6-13,19,21,40H,4-5,14-18,20,22H2,(H,41,42)/b9-6+,31-27-. The summed E-state index contributed by atoms with van der Waals surface area (Å²) in [4.78, 5) is 18.5. The molecule has 0 unspecified atom stereocenters. The predicted octanol–water partition coefficient (Wildman–Crippen LogP) is 6.69. The van der Waals surface area contributed by atoms with E-state index in [1.807, 2.05) is 11.0 Å². The molecule has 1 saturated heterocycles. The lowest BCUT2D eigenvalue weighted by molar-refractivity contribution is -0.125. The van der Waals surface area contributed by atoms with Crippen LogP contribution in [-0.4, -0.2) is 63.9 Å². The molecule has 6 rings (SSSR count). The number of nitrogens with one attached hydrogen (secondary N) is 2. The molecule has 7 nitrogen and oxygen atoms in total. The van der Waals surface area contributed by atoms with E-state index in [1.54, 1.807) is 60.7 Å². The molecule has 0 bridgehead atoms. The summed E-state index contributed by atoms with van der Waals surface area (Å²) in [6, 6.07) is 16.4. The van der Waals surface area contributed by atoms with Crippen molar-refractivity contribution in [3.63, 3.8) is 0 Å². The van der Waals surface area contributed by atoms with Crippen LogP contribution in [0.5, 0.6) is 5.88 Å². The number of nitrogens with zero attached hydrogens (tertiary/aromatic N) is 3. The Labute approximate surface area is 258 Å². The zero-order valence-corrected chi connectivity index (χ0v) is 24.5. The third-order valence-corrected chi connectivity index (χ3v) is 8.25. The Morgan fingerprint density at radius 1 is 1.02 bits per heavy atom. The summed E-state index contributed by atoms with van der Waals surface area (Å²) in [6.45, 7) is 2.51. The fourth-order valence-corrected chi connectivity index (χ4v) is 5.65. The van der Waals surface area contributed by atoms with Crippen molar-refractivity contribution in [2.75, 3.05) is 26.2 Å². The number of pyridine rings is 1. The zero-order valence-electron chi connectivity index (χ0n) is 24.5. The monoisotopic (exact) mass is 619 g/mol. The number of hydrogen-bond donors (Lipinski definition) is 2. The predicted molar refractivity (Wildman–Crippen MR) is 164 cm³/mol. The molecule has 0 spiro atoms. The molecular weight excluding hydrogens is 586 g/mol. The summed E-state index contributed by atoms with van der Waals surface area (Å²) >= 11 is 0. The number of carbonyl (C=O) groups is 1. The van der Waals surface area contributed by atoms with Crippen LogP contribution in [0.2, 0.25) is 0 Å². The maximum absolute atomic E-state index is 14.4. The number of amides is 1. The number of aromatic nitrogens is 3.